The van der Waals surface area contributed by atoms with E-state index in [2.05, 4.69) is 20.4 Å². The SMILES string of the molecule is Cc1cc(CNC(=O)c2cnc(Cc3c(Cl)cccc3Cl)[nH]c2=O)no1. The van der Waals surface area contributed by atoms with Gasteiger partial charge in [0.05, 0.1) is 6.54 Å². The van der Waals surface area contributed by atoms with Crippen LogP contribution in [0.25, 0.3) is 0 Å². The van der Waals surface area contributed by atoms with E-state index in [1.54, 1.807) is 31.2 Å². The highest BCUT2D eigenvalue weighted by Crippen LogP contribution is 2.25. The first-order valence-electron chi connectivity index (χ1n) is 7.65. The summed E-state index contributed by atoms with van der Waals surface area (Å²) in [6.07, 6.45) is 1.47. The number of hydrogen-bond acceptors (Lipinski definition) is 5. The van der Waals surface area contributed by atoms with Crippen molar-refractivity contribution in [2.45, 2.75) is 19.9 Å². The number of H-pyrrole nitrogens is 1. The Balaban J connectivity index is 1.73. The fourth-order valence-corrected chi connectivity index (χ4v) is 2.85. The second-order valence-electron chi connectivity index (χ2n) is 5.56. The van der Waals surface area contributed by atoms with E-state index in [-0.39, 0.29) is 18.5 Å². The Bertz CT molecular complexity index is 993. The summed E-state index contributed by atoms with van der Waals surface area (Å²) in [6.45, 7) is 1.89. The van der Waals surface area contributed by atoms with Gasteiger partial charge in [-0.2, -0.15) is 0 Å². The van der Waals surface area contributed by atoms with E-state index in [0.717, 1.165) is 0 Å². The van der Waals surface area contributed by atoms with Crippen molar-refractivity contribution in [2.75, 3.05) is 0 Å². The number of aromatic amines is 1. The fourth-order valence-electron chi connectivity index (χ4n) is 2.32. The van der Waals surface area contributed by atoms with E-state index < -0.39 is 11.5 Å². The highest BCUT2D eigenvalue weighted by Gasteiger charge is 2.14. The number of nitrogens with one attached hydrogen (secondary N) is 2. The third-order valence-corrected chi connectivity index (χ3v) is 4.32. The molecule has 2 heterocycles. The quantitative estimate of drug-likeness (QED) is 0.694. The Hall–Kier alpha value is -2.64. The van der Waals surface area contributed by atoms with Crippen molar-refractivity contribution in [2.24, 2.45) is 0 Å². The molecular weight excluding hydrogens is 379 g/mol. The summed E-state index contributed by atoms with van der Waals surface area (Å²) in [7, 11) is 0. The van der Waals surface area contributed by atoms with Gasteiger partial charge in [-0.15, -0.1) is 0 Å². The standard InChI is InChI=1S/C17H14Cl2N4O3/c1-9-5-10(23-26-9)7-21-16(24)12-8-20-15(22-17(12)25)6-11-13(18)3-2-4-14(11)19/h2-5,8H,6-7H2,1H3,(H,21,24)(H,20,22,25). The number of hydrogen-bond donors (Lipinski definition) is 2. The van der Waals surface area contributed by atoms with Crippen molar-refractivity contribution in [3.05, 3.63) is 79.3 Å². The Morgan fingerprint density at radius 3 is 2.65 bits per heavy atom. The van der Waals surface area contributed by atoms with Crippen molar-refractivity contribution < 1.29 is 9.32 Å². The van der Waals surface area contributed by atoms with Crippen molar-refractivity contribution >= 4 is 29.1 Å². The van der Waals surface area contributed by atoms with Crippen LogP contribution in [0.1, 0.15) is 33.2 Å². The lowest BCUT2D eigenvalue weighted by molar-refractivity contribution is 0.0948. The van der Waals surface area contributed by atoms with Gasteiger partial charge in [0.15, 0.2) is 0 Å². The molecule has 134 valence electrons. The second kappa shape index (κ2) is 7.72. The third-order valence-electron chi connectivity index (χ3n) is 3.61. The number of halogens is 2. The van der Waals surface area contributed by atoms with E-state index in [1.807, 2.05) is 0 Å². The predicted molar refractivity (Wildman–Crippen MR) is 96.5 cm³/mol. The smallest absolute Gasteiger partial charge is 0.263 e. The van der Waals surface area contributed by atoms with E-state index in [9.17, 15) is 9.59 Å². The Labute approximate surface area is 158 Å². The van der Waals surface area contributed by atoms with Crippen LogP contribution in [0.5, 0.6) is 0 Å². The molecule has 1 amide bonds. The minimum absolute atomic E-state index is 0.0979. The minimum Gasteiger partial charge on any atom is -0.361 e. The molecule has 0 bridgehead atoms. The third kappa shape index (κ3) is 4.12. The van der Waals surface area contributed by atoms with E-state index >= 15 is 0 Å². The molecule has 2 aromatic heterocycles. The van der Waals surface area contributed by atoms with Gasteiger partial charge in [0.1, 0.15) is 22.8 Å². The molecule has 0 unspecified atom stereocenters. The first-order valence-corrected chi connectivity index (χ1v) is 8.41. The average Bonchev–Trinajstić information content (AvgIpc) is 3.02. The van der Waals surface area contributed by atoms with Gasteiger partial charge in [-0.1, -0.05) is 34.4 Å². The lowest BCUT2D eigenvalue weighted by atomic mass is 10.1. The Morgan fingerprint density at radius 1 is 1.31 bits per heavy atom. The lowest BCUT2D eigenvalue weighted by Gasteiger charge is -2.07. The molecule has 0 aliphatic carbocycles. The molecule has 0 radical (unpaired) electrons. The van der Waals surface area contributed by atoms with Crippen LogP contribution in [0.3, 0.4) is 0 Å². The maximum Gasteiger partial charge on any atom is 0.263 e. The number of amides is 1. The van der Waals surface area contributed by atoms with Gasteiger partial charge in [-0.05, 0) is 24.6 Å². The monoisotopic (exact) mass is 392 g/mol. The fraction of sp³-hybridized carbons (Fsp3) is 0.176. The van der Waals surface area contributed by atoms with Crippen LogP contribution in [0.4, 0.5) is 0 Å². The van der Waals surface area contributed by atoms with Gasteiger partial charge in [0, 0.05) is 28.7 Å². The van der Waals surface area contributed by atoms with Gasteiger partial charge in [-0.25, -0.2) is 4.98 Å². The van der Waals surface area contributed by atoms with Crippen molar-refractivity contribution in [1.82, 2.24) is 20.4 Å². The summed E-state index contributed by atoms with van der Waals surface area (Å²) in [5.41, 5.74) is 0.564. The molecule has 1 aromatic carbocycles. The molecule has 2 N–H and O–H groups in total. The summed E-state index contributed by atoms with van der Waals surface area (Å²) in [5, 5.41) is 7.31. The van der Waals surface area contributed by atoms with E-state index in [1.165, 1.54) is 6.20 Å². The zero-order valence-electron chi connectivity index (χ0n) is 13.7. The van der Waals surface area contributed by atoms with Crippen molar-refractivity contribution in [1.29, 1.82) is 0 Å². The molecule has 0 saturated heterocycles. The molecule has 0 aliphatic rings. The van der Waals surface area contributed by atoms with Gasteiger partial charge < -0.3 is 14.8 Å². The number of nitrogens with zero attached hydrogens (tertiary/aromatic N) is 2. The number of benzene rings is 1. The summed E-state index contributed by atoms with van der Waals surface area (Å²) in [5.74, 6) is 0.437. The normalized spacial score (nSPS) is 10.7. The highest BCUT2D eigenvalue weighted by molar-refractivity contribution is 6.36. The van der Waals surface area contributed by atoms with Crippen molar-refractivity contribution in [3.8, 4) is 0 Å². The molecule has 0 spiro atoms. The molecule has 7 nitrogen and oxygen atoms in total. The van der Waals surface area contributed by atoms with Crippen molar-refractivity contribution in [3.63, 3.8) is 0 Å². The van der Waals surface area contributed by atoms with Crippen LogP contribution in [0.2, 0.25) is 10.0 Å². The molecule has 0 atom stereocenters. The van der Waals surface area contributed by atoms with E-state index in [0.29, 0.717) is 32.9 Å². The first kappa shape index (κ1) is 18.2. The van der Waals surface area contributed by atoms with Gasteiger partial charge >= 0.3 is 0 Å². The molecule has 9 heteroatoms. The molecule has 0 saturated carbocycles. The average molecular weight is 393 g/mol. The summed E-state index contributed by atoms with van der Waals surface area (Å²) in [6, 6.07) is 6.83. The lowest BCUT2D eigenvalue weighted by Crippen LogP contribution is -2.30. The zero-order chi connectivity index (χ0) is 18.7. The highest BCUT2D eigenvalue weighted by atomic mass is 35.5. The summed E-state index contributed by atoms with van der Waals surface area (Å²) >= 11 is 12.2. The number of aromatic nitrogens is 3. The van der Waals surface area contributed by atoms with Gasteiger partial charge in [-0.3, -0.25) is 9.59 Å². The van der Waals surface area contributed by atoms with Gasteiger partial charge in [0.25, 0.3) is 11.5 Å². The Kier molecular flexibility index (Phi) is 5.39. The predicted octanol–water partition coefficient (Wildman–Crippen LogP) is 2.89. The second-order valence-corrected chi connectivity index (χ2v) is 6.38. The first-order chi connectivity index (χ1) is 12.4. The van der Waals surface area contributed by atoms with Crippen LogP contribution in [0, 0.1) is 6.92 Å². The minimum atomic E-state index is -0.554. The van der Waals surface area contributed by atoms with Crippen LogP contribution in [0.15, 0.2) is 39.8 Å². The topological polar surface area (TPSA) is 101 Å². The number of rotatable bonds is 5. The van der Waals surface area contributed by atoms with Crippen LogP contribution < -0.4 is 10.9 Å². The molecular formula is C17H14Cl2N4O3. The maximum atomic E-state index is 12.2. The zero-order valence-corrected chi connectivity index (χ0v) is 15.2. The van der Waals surface area contributed by atoms with Crippen LogP contribution >= 0.6 is 23.2 Å². The van der Waals surface area contributed by atoms with Crippen LogP contribution in [-0.2, 0) is 13.0 Å². The molecule has 0 aliphatic heterocycles. The number of carbonyl (C=O) groups is 1. The van der Waals surface area contributed by atoms with Gasteiger partial charge in [0.2, 0.25) is 0 Å². The molecule has 3 rings (SSSR count). The summed E-state index contributed by atoms with van der Waals surface area (Å²) in [4.78, 5) is 31.1. The largest absolute Gasteiger partial charge is 0.361 e. The molecule has 26 heavy (non-hydrogen) atoms. The molecule has 3 aromatic rings. The number of carbonyl (C=O) groups excluding carboxylic acids is 1. The Morgan fingerprint density at radius 2 is 2.04 bits per heavy atom. The maximum absolute atomic E-state index is 12.2. The van der Waals surface area contributed by atoms with Crippen LogP contribution in [-0.4, -0.2) is 21.0 Å². The molecule has 0 fully saturated rings. The number of aryl methyl sites for hydroxylation is 1. The van der Waals surface area contributed by atoms with E-state index in [4.69, 9.17) is 27.7 Å². The summed E-state index contributed by atoms with van der Waals surface area (Å²) < 4.78 is 4.91.